The van der Waals surface area contributed by atoms with E-state index in [4.69, 9.17) is 4.74 Å². The highest BCUT2D eigenvalue weighted by atomic mass is 79.9. The Morgan fingerprint density at radius 3 is 3.05 bits per heavy atom. The summed E-state index contributed by atoms with van der Waals surface area (Å²) in [5.74, 6) is 0.312. The molecule has 0 bridgehead atoms. The van der Waals surface area contributed by atoms with Gasteiger partial charge in [-0.05, 0) is 24.6 Å². The van der Waals surface area contributed by atoms with Gasteiger partial charge in [-0.15, -0.1) is 0 Å². The van der Waals surface area contributed by atoms with Gasteiger partial charge in [0, 0.05) is 17.4 Å². The first kappa shape index (κ1) is 13.9. The quantitative estimate of drug-likeness (QED) is 0.795. The van der Waals surface area contributed by atoms with Crippen molar-refractivity contribution in [3.8, 4) is 5.75 Å². The number of esters is 1. The van der Waals surface area contributed by atoms with Crippen LogP contribution in [0.5, 0.6) is 5.75 Å². The summed E-state index contributed by atoms with van der Waals surface area (Å²) < 4.78 is 10.8. The van der Waals surface area contributed by atoms with E-state index in [-0.39, 0.29) is 18.5 Å². The number of ether oxygens (including phenoxy) is 2. The predicted molar refractivity (Wildman–Crippen MR) is 73.2 cm³/mol. The first-order valence-electron chi connectivity index (χ1n) is 5.91. The smallest absolute Gasteiger partial charge is 0.305 e. The van der Waals surface area contributed by atoms with Crippen molar-refractivity contribution in [2.75, 3.05) is 25.2 Å². The standard InChI is InChI=1S/C13H14BrNO4/c1-18-13(17)3-2-6-15-10-7-9(14)4-5-11(10)19-8-12(15)16/h4-5,7H,2-3,6,8H2,1H3. The molecule has 102 valence electrons. The summed E-state index contributed by atoms with van der Waals surface area (Å²) in [5.41, 5.74) is 0.732. The number of rotatable bonds is 4. The SMILES string of the molecule is COC(=O)CCCN1C(=O)COc2ccc(Br)cc21. The molecule has 2 rings (SSSR count). The van der Waals surface area contributed by atoms with Crippen molar-refractivity contribution in [2.45, 2.75) is 12.8 Å². The maximum atomic E-state index is 11.9. The zero-order chi connectivity index (χ0) is 13.8. The molecule has 1 aliphatic rings. The third-order valence-electron chi connectivity index (χ3n) is 2.85. The van der Waals surface area contributed by atoms with Crippen molar-refractivity contribution in [3.05, 3.63) is 22.7 Å². The van der Waals surface area contributed by atoms with Crippen LogP contribution in [0.15, 0.2) is 22.7 Å². The van der Waals surface area contributed by atoms with Gasteiger partial charge < -0.3 is 14.4 Å². The number of anilines is 1. The second-order valence-corrected chi connectivity index (χ2v) is 5.04. The minimum Gasteiger partial charge on any atom is -0.482 e. The zero-order valence-corrected chi connectivity index (χ0v) is 12.1. The summed E-state index contributed by atoms with van der Waals surface area (Å²) in [7, 11) is 1.36. The summed E-state index contributed by atoms with van der Waals surface area (Å²) in [6.07, 6.45) is 0.856. The number of fused-ring (bicyclic) bond motifs is 1. The zero-order valence-electron chi connectivity index (χ0n) is 10.5. The summed E-state index contributed by atoms with van der Waals surface area (Å²) in [4.78, 5) is 24.6. The largest absolute Gasteiger partial charge is 0.482 e. The van der Waals surface area contributed by atoms with E-state index >= 15 is 0 Å². The van der Waals surface area contributed by atoms with E-state index in [0.29, 0.717) is 25.1 Å². The number of hydrogen-bond acceptors (Lipinski definition) is 4. The highest BCUT2D eigenvalue weighted by Crippen LogP contribution is 2.34. The molecule has 0 aromatic heterocycles. The molecule has 1 heterocycles. The minimum absolute atomic E-state index is 0.0346. The molecule has 1 aliphatic heterocycles. The molecular weight excluding hydrogens is 314 g/mol. The van der Waals surface area contributed by atoms with Crippen molar-refractivity contribution in [1.29, 1.82) is 0 Å². The number of amides is 1. The van der Waals surface area contributed by atoms with Gasteiger partial charge in [-0.25, -0.2) is 0 Å². The molecule has 1 aromatic rings. The van der Waals surface area contributed by atoms with Crippen LogP contribution < -0.4 is 9.64 Å². The van der Waals surface area contributed by atoms with Crippen LogP contribution in [-0.2, 0) is 14.3 Å². The van der Waals surface area contributed by atoms with Crippen LogP contribution in [0.3, 0.4) is 0 Å². The van der Waals surface area contributed by atoms with Crippen LogP contribution in [0, 0.1) is 0 Å². The van der Waals surface area contributed by atoms with Crippen LogP contribution in [0.1, 0.15) is 12.8 Å². The van der Waals surface area contributed by atoms with Gasteiger partial charge in [-0.1, -0.05) is 15.9 Å². The molecule has 6 heteroatoms. The average molecular weight is 328 g/mol. The number of nitrogens with zero attached hydrogens (tertiary/aromatic N) is 1. The molecule has 5 nitrogen and oxygen atoms in total. The predicted octanol–water partition coefficient (Wildman–Crippen LogP) is 2.13. The highest BCUT2D eigenvalue weighted by Gasteiger charge is 2.25. The molecule has 0 unspecified atom stereocenters. The molecule has 0 saturated carbocycles. The van der Waals surface area contributed by atoms with E-state index in [9.17, 15) is 9.59 Å². The van der Waals surface area contributed by atoms with E-state index in [1.54, 1.807) is 4.90 Å². The lowest BCUT2D eigenvalue weighted by Gasteiger charge is -2.29. The number of halogens is 1. The Bertz CT molecular complexity index is 503. The van der Waals surface area contributed by atoms with Gasteiger partial charge in [0.2, 0.25) is 0 Å². The van der Waals surface area contributed by atoms with E-state index in [1.165, 1.54) is 7.11 Å². The number of carbonyl (C=O) groups is 2. The Labute approximate surface area is 119 Å². The fraction of sp³-hybridized carbons (Fsp3) is 0.385. The Morgan fingerprint density at radius 2 is 2.32 bits per heavy atom. The highest BCUT2D eigenvalue weighted by molar-refractivity contribution is 9.10. The fourth-order valence-electron chi connectivity index (χ4n) is 1.90. The summed E-state index contributed by atoms with van der Waals surface area (Å²) in [5, 5.41) is 0. The minimum atomic E-state index is -0.268. The Balaban J connectivity index is 2.09. The van der Waals surface area contributed by atoms with Gasteiger partial charge in [0.25, 0.3) is 5.91 Å². The number of hydrogen-bond donors (Lipinski definition) is 0. The lowest BCUT2D eigenvalue weighted by atomic mass is 10.2. The van der Waals surface area contributed by atoms with E-state index < -0.39 is 0 Å². The fourth-order valence-corrected chi connectivity index (χ4v) is 2.25. The number of carbonyl (C=O) groups excluding carboxylic acids is 2. The van der Waals surface area contributed by atoms with Crippen LogP contribution >= 0.6 is 15.9 Å². The maximum Gasteiger partial charge on any atom is 0.305 e. The van der Waals surface area contributed by atoms with Crippen LogP contribution in [0.4, 0.5) is 5.69 Å². The first-order valence-corrected chi connectivity index (χ1v) is 6.70. The monoisotopic (exact) mass is 327 g/mol. The summed E-state index contributed by atoms with van der Waals surface area (Å²) in [6.45, 7) is 0.508. The molecule has 1 amide bonds. The second-order valence-electron chi connectivity index (χ2n) is 4.13. The second kappa shape index (κ2) is 6.06. The van der Waals surface area contributed by atoms with Crippen molar-refractivity contribution in [2.24, 2.45) is 0 Å². The van der Waals surface area contributed by atoms with Crippen LogP contribution in [0.25, 0.3) is 0 Å². The molecule has 0 atom stereocenters. The molecule has 1 aromatic carbocycles. The van der Waals surface area contributed by atoms with Crippen molar-refractivity contribution >= 4 is 33.5 Å². The van der Waals surface area contributed by atoms with Crippen molar-refractivity contribution in [1.82, 2.24) is 0 Å². The number of benzene rings is 1. The van der Waals surface area contributed by atoms with Gasteiger partial charge in [0.05, 0.1) is 12.8 Å². The van der Waals surface area contributed by atoms with Gasteiger partial charge in [0.1, 0.15) is 5.75 Å². The van der Waals surface area contributed by atoms with E-state index in [2.05, 4.69) is 20.7 Å². The van der Waals surface area contributed by atoms with Crippen molar-refractivity contribution in [3.63, 3.8) is 0 Å². The summed E-state index contributed by atoms with van der Waals surface area (Å²) in [6, 6.07) is 5.52. The molecule has 0 aliphatic carbocycles. The third kappa shape index (κ3) is 3.26. The van der Waals surface area contributed by atoms with Gasteiger partial charge >= 0.3 is 5.97 Å². The molecule has 19 heavy (non-hydrogen) atoms. The molecular formula is C13H14BrNO4. The van der Waals surface area contributed by atoms with Crippen LogP contribution in [0.2, 0.25) is 0 Å². The number of methoxy groups -OCH3 is 1. The molecule has 0 fully saturated rings. The van der Waals surface area contributed by atoms with Gasteiger partial charge in [-0.3, -0.25) is 9.59 Å². The Hall–Kier alpha value is -1.56. The van der Waals surface area contributed by atoms with Crippen LogP contribution in [-0.4, -0.2) is 32.1 Å². The lowest BCUT2D eigenvalue weighted by molar-refractivity contribution is -0.140. The van der Waals surface area contributed by atoms with E-state index in [0.717, 1.165) is 10.2 Å². The molecule has 0 N–H and O–H groups in total. The Kier molecular flexibility index (Phi) is 4.42. The lowest BCUT2D eigenvalue weighted by Crippen LogP contribution is -2.39. The average Bonchev–Trinajstić information content (AvgIpc) is 2.41. The summed E-state index contributed by atoms with van der Waals surface area (Å²) >= 11 is 3.37. The topological polar surface area (TPSA) is 55.8 Å². The molecule has 0 saturated heterocycles. The third-order valence-corrected chi connectivity index (χ3v) is 3.35. The Morgan fingerprint density at radius 1 is 1.53 bits per heavy atom. The first-order chi connectivity index (χ1) is 9.11. The normalized spacial score (nSPS) is 13.8. The molecule has 0 spiro atoms. The van der Waals surface area contributed by atoms with E-state index in [1.807, 2.05) is 18.2 Å². The van der Waals surface area contributed by atoms with Crippen molar-refractivity contribution < 1.29 is 19.1 Å². The van der Waals surface area contributed by atoms with Gasteiger partial charge in [-0.2, -0.15) is 0 Å². The van der Waals surface area contributed by atoms with Gasteiger partial charge in [0.15, 0.2) is 6.61 Å². The molecule has 0 radical (unpaired) electrons. The maximum absolute atomic E-state index is 11.9.